The Labute approximate surface area is 187 Å². The third kappa shape index (κ3) is 4.91. The first-order valence-electron chi connectivity index (χ1n) is 10.6. The molecule has 0 radical (unpaired) electrons. The van der Waals surface area contributed by atoms with E-state index in [1.165, 1.54) is 0 Å². The van der Waals surface area contributed by atoms with Gasteiger partial charge in [-0.25, -0.2) is 0 Å². The number of benzene rings is 3. The Morgan fingerprint density at radius 3 is 2.34 bits per heavy atom. The van der Waals surface area contributed by atoms with Gasteiger partial charge in [0, 0.05) is 17.4 Å². The fourth-order valence-electron chi connectivity index (χ4n) is 3.39. The van der Waals surface area contributed by atoms with E-state index in [0.717, 1.165) is 30.2 Å². The Bertz CT molecular complexity index is 1290. The second-order valence-electron chi connectivity index (χ2n) is 7.45. The number of hydrogen-bond acceptors (Lipinski definition) is 5. The van der Waals surface area contributed by atoms with Gasteiger partial charge in [-0.3, -0.25) is 0 Å². The summed E-state index contributed by atoms with van der Waals surface area (Å²) in [6.45, 7) is 2.12. The highest BCUT2D eigenvalue weighted by molar-refractivity contribution is 5.84. The van der Waals surface area contributed by atoms with Gasteiger partial charge in [0.2, 0.25) is 6.29 Å². The van der Waals surface area contributed by atoms with E-state index in [9.17, 15) is 0 Å². The maximum absolute atomic E-state index is 9.10. The minimum absolute atomic E-state index is 0.452. The minimum Gasteiger partial charge on any atom is -0.456 e. The average Bonchev–Trinajstić information content (AvgIpc) is 3.26. The van der Waals surface area contributed by atoms with E-state index >= 15 is 0 Å². The predicted octanol–water partition coefficient (Wildman–Crippen LogP) is 6.82. The van der Waals surface area contributed by atoms with Gasteiger partial charge < -0.3 is 13.9 Å². The zero-order chi connectivity index (χ0) is 22.3. The van der Waals surface area contributed by atoms with E-state index in [1.54, 1.807) is 36.4 Å². The summed E-state index contributed by atoms with van der Waals surface area (Å²) in [6, 6.07) is 26.3. The Morgan fingerprint density at radius 2 is 1.59 bits per heavy atom. The molecule has 0 spiro atoms. The monoisotopic (exact) mass is 422 g/mol. The van der Waals surface area contributed by atoms with Crippen LogP contribution in [-0.4, -0.2) is 6.29 Å². The van der Waals surface area contributed by atoms with Crippen LogP contribution in [-0.2, 0) is 0 Å². The molecule has 158 valence electrons. The van der Waals surface area contributed by atoms with Crippen molar-refractivity contribution in [3.8, 4) is 35.0 Å². The van der Waals surface area contributed by atoms with Crippen molar-refractivity contribution in [2.45, 2.75) is 32.5 Å². The van der Waals surface area contributed by atoms with Crippen LogP contribution < -0.4 is 9.47 Å². The number of ether oxygens (including phenoxy) is 2. The van der Waals surface area contributed by atoms with Crippen molar-refractivity contribution in [3.05, 3.63) is 83.9 Å². The van der Waals surface area contributed by atoms with Crippen LogP contribution in [0.5, 0.6) is 11.5 Å². The van der Waals surface area contributed by atoms with Gasteiger partial charge in [-0.2, -0.15) is 10.5 Å². The van der Waals surface area contributed by atoms with Crippen LogP contribution in [0.25, 0.3) is 22.3 Å². The molecule has 32 heavy (non-hydrogen) atoms. The first-order valence-corrected chi connectivity index (χ1v) is 10.6. The first kappa shape index (κ1) is 21.0. The van der Waals surface area contributed by atoms with Gasteiger partial charge >= 0.3 is 0 Å². The molecular weight excluding hydrogens is 400 g/mol. The van der Waals surface area contributed by atoms with E-state index in [4.69, 9.17) is 24.4 Å². The second-order valence-corrected chi connectivity index (χ2v) is 7.45. The smallest absolute Gasteiger partial charge is 0.241 e. The van der Waals surface area contributed by atoms with Crippen LogP contribution in [0.15, 0.2) is 77.2 Å². The van der Waals surface area contributed by atoms with Gasteiger partial charge in [0.05, 0.1) is 23.3 Å². The van der Waals surface area contributed by atoms with Gasteiger partial charge in [-0.15, -0.1) is 0 Å². The van der Waals surface area contributed by atoms with Crippen molar-refractivity contribution in [1.82, 2.24) is 0 Å². The molecule has 5 nitrogen and oxygen atoms in total. The van der Waals surface area contributed by atoms with Crippen molar-refractivity contribution < 1.29 is 13.9 Å². The maximum Gasteiger partial charge on any atom is 0.241 e. The fraction of sp³-hybridized carbons (Fsp3) is 0.185. The number of rotatable bonds is 8. The number of nitriles is 2. The molecule has 4 rings (SSSR count). The number of unbranched alkanes of at least 4 members (excludes halogenated alkanes) is 1. The molecule has 0 bridgehead atoms. The summed E-state index contributed by atoms with van der Waals surface area (Å²) in [5.41, 5.74) is 2.71. The highest BCUT2D eigenvalue weighted by Gasteiger charge is 2.14. The third-order valence-electron chi connectivity index (χ3n) is 5.08. The SMILES string of the molecule is CCCCC(Oc1ccc(C#N)cc1)Oc1cccc(-c2cc3ccc(C#N)cc3o2)c1. The van der Waals surface area contributed by atoms with Crippen molar-refractivity contribution in [2.24, 2.45) is 0 Å². The standard InChI is InChI=1S/C27H22N2O3/c1-2-3-7-27(30-23-12-9-19(17-28)10-13-23)31-24-6-4-5-21(15-24)26-16-22-11-8-20(18-29)14-25(22)32-26/h4-6,8-16,27H,2-3,7H2,1H3. The maximum atomic E-state index is 9.10. The van der Waals surface area contributed by atoms with E-state index in [0.29, 0.717) is 34.0 Å². The molecule has 0 N–H and O–H groups in total. The Kier molecular flexibility index (Phi) is 6.39. The summed E-state index contributed by atoms with van der Waals surface area (Å²) in [5, 5.41) is 19.0. The summed E-state index contributed by atoms with van der Waals surface area (Å²) in [4.78, 5) is 0. The molecule has 0 saturated heterocycles. The number of hydrogen-bond donors (Lipinski definition) is 0. The lowest BCUT2D eigenvalue weighted by atomic mass is 10.1. The van der Waals surface area contributed by atoms with Gasteiger partial charge in [0.1, 0.15) is 22.8 Å². The molecule has 1 unspecified atom stereocenters. The van der Waals surface area contributed by atoms with E-state index in [1.807, 2.05) is 36.4 Å². The summed E-state index contributed by atoms with van der Waals surface area (Å²) in [7, 11) is 0. The minimum atomic E-state index is -0.452. The van der Waals surface area contributed by atoms with Gasteiger partial charge in [0.25, 0.3) is 0 Å². The van der Waals surface area contributed by atoms with Crippen LogP contribution in [0.2, 0.25) is 0 Å². The van der Waals surface area contributed by atoms with Crippen LogP contribution >= 0.6 is 0 Å². The number of nitrogens with zero attached hydrogens (tertiary/aromatic N) is 2. The van der Waals surface area contributed by atoms with Crippen molar-refractivity contribution >= 4 is 11.0 Å². The van der Waals surface area contributed by atoms with Crippen LogP contribution in [0.3, 0.4) is 0 Å². The van der Waals surface area contributed by atoms with Gasteiger partial charge in [-0.1, -0.05) is 25.5 Å². The largest absolute Gasteiger partial charge is 0.456 e. The molecule has 1 atom stereocenters. The zero-order valence-electron chi connectivity index (χ0n) is 17.7. The lowest BCUT2D eigenvalue weighted by Crippen LogP contribution is -2.24. The molecular formula is C27H22N2O3. The van der Waals surface area contributed by atoms with E-state index in [2.05, 4.69) is 19.1 Å². The normalized spacial score (nSPS) is 11.5. The third-order valence-corrected chi connectivity index (χ3v) is 5.08. The highest BCUT2D eigenvalue weighted by Crippen LogP contribution is 2.31. The Hall–Kier alpha value is -4.22. The zero-order valence-corrected chi connectivity index (χ0v) is 17.7. The first-order chi connectivity index (χ1) is 15.7. The number of fused-ring (bicyclic) bond motifs is 1. The molecule has 0 aliphatic heterocycles. The molecule has 5 heteroatoms. The fourth-order valence-corrected chi connectivity index (χ4v) is 3.39. The van der Waals surface area contributed by atoms with Crippen LogP contribution in [0, 0.1) is 22.7 Å². The molecule has 1 aromatic heterocycles. The second kappa shape index (κ2) is 9.73. The van der Waals surface area contributed by atoms with Crippen LogP contribution in [0.4, 0.5) is 0 Å². The molecule has 3 aromatic carbocycles. The predicted molar refractivity (Wildman–Crippen MR) is 122 cm³/mol. The average molecular weight is 422 g/mol. The summed E-state index contributed by atoms with van der Waals surface area (Å²) in [5.74, 6) is 2.04. The van der Waals surface area contributed by atoms with Crippen molar-refractivity contribution in [3.63, 3.8) is 0 Å². The molecule has 0 aliphatic carbocycles. The van der Waals surface area contributed by atoms with Crippen LogP contribution in [0.1, 0.15) is 37.3 Å². The summed E-state index contributed by atoms with van der Waals surface area (Å²) in [6.07, 6.45) is 2.28. The molecule has 1 heterocycles. The van der Waals surface area contributed by atoms with Crippen molar-refractivity contribution in [2.75, 3.05) is 0 Å². The van der Waals surface area contributed by atoms with Gasteiger partial charge in [0.15, 0.2) is 0 Å². The molecule has 0 fully saturated rings. The molecule has 0 aliphatic rings. The van der Waals surface area contributed by atoms with Gasteiger partial charge in [-0.05, 0) is 67.1 Å². The topological polar surface area (TPSA) is 79.2 Å². The Morgan fingerprint density at radius 1 is 0.844 bits per heavy atom. The van der Waals surface area contributed by atoms with E-state index < -0.39 is 6.29 Å². The molecule has 0 amide bonds. The lowest BCUT2D eigenvalue weighted by molar-refractivity contribution is -0.00209. The van der Waals surface area contributed by atoms with E-state index in [-0.39, 0.29) is 0 Å². The number of furan rings is 1. The summed E-state index contributed by atoms with van der Waals surface area (Å²) >= 11 is 0. The quantitative estimate of drug-likeness (QED) is 0.291. The highest BCUT2D eigenvalue weighted by atomic mass is 16.7. The Balaban J connectivity index is 1.55. The molecule has 0 saturated carbocycles. The van der Waals surface area contributed by atoms with Crippen molar-refractivity contribution in [1.29, 1.82) is 10.5 Å². The molecule has 4 aromatic rings. The summed E-state index contributed by atoms with van der Waals surface area (Å²) < 4.78 is 18.2. The lowest BCUT2D eigenvalue weighted by Gasteiger charge is -2.21.